The summed E-state index contributed by atoms with van der Waals surface area (Å²) in [5.41, 5.74) is 1.31. The number of benzene rings is 1. The Hall–Kier alpha value is -1.14. The summed E-state index contributed by atoms with van der Waals surface area (Å²) in [4.78, 5) is 2.45. The lowest BCUT2D eigenvalue weighted by molar-refractivity contribution is 0.0332. The molecule has 1 aromatic heterocycles. The third kappa shape index (κ3) is 4.43. The van der Waals surface area contributed by atoms with Crippen molar-refractivity contribution in [2.24, 2.45) is 0 Å². The van der Waals surface area contributed by atoms with Crippen molar-refractivity contribution in [3.05, 3.63) is 58.5 Å². The predicted octanol–water partition coefficient (Wildman–Crippen LogP) is 3.21. The molecule has 1 saturated heterocycles. The Labute approximate surface area is 139 Å². The Balaban J connectivity index is 1.65. The van der Waals surface area contributed by atoms with E-state index in [-0.39, 0.29) is 6.04 Å². The van der Waals surface area contributed by atoms with E-state index < -0.39 is 0 Å². The van der Waals surface area contributed by atoms with Crippen LogP contribution in [-0.2, 0) is 11.3 Å². The zero-order chi connectivity index (χ0) is 15.2. The van der Waals surface area contributed by atoms with E-state index in [0.29, 0.717) is 0 Å². The molecule has 0 saturated carbocycles. The molecule has 2 heterocycles. The number of furan rings is 1. The van der Waals surface area contributed by atoms with E-state index in [1.54, 1.807) is 0 Å². The van der Waals surface area contributed by atoms with E-state index in [1.807, 2.05) is 12.1 Å². The normalized spacial score (nSPS) is 17.5. The third-order valence-corrected chi connectivity index (χ3v) is 4.32. The van der Waals surface area contributed by atoms with Crippen LogP contribution in [0.3, 0.4) is 0 Å². The summed E-state index contributed by atoms with van der Waals surface area (Å²) in [5.74, 6) is 0.940. The van der Waals surface area contributed by atoms with E-state index in [4.69, 9.17) is 9.15 Å². The highest BCUT2D eigenvalue weighted by molar-refractivity contribution is 9.10. The standard InChI is InChI=1S/C17H21BrN2O2/c18-17-7-6-15(22-17)12-19-16(14-4-2-1-3-5-14)13-20-8-10-21-11-9-20/h1-7,16,19H,8-13H2. The molecule has 0 spiro atoms. The minimum absolute atomic E-state index is 0.281. The minimum atomic E-state index is 0.281. The first-order chi connectivity index (χ1) is 10.8. The molecule has 1 aromatic carbocycles. The van der Waals surface area contributed by atoms with Crippen LogP contribution in [0.1, 0.15) is 17.4 Å². The van der Waals surface area contributed by atoms with Gasteiger partial charge < -0.3 is 14.5 Å². The molecule has 1 atom stereocenters. The zero-order valence-electron chi connectivity index (χ0n) is 12.5. The van der Waals surface area contributed by atoms with Crippen LogP contribution in [0.25, 0.3) is 0 Å². The summed E-state index contributed by atoms with van der Waals surface area (Å²) >= 11 is 3.35. The monoisotopic (exact) mass is 364 g/mol. The Morgan fingerprint density at radius 2 is 1.86 bits per heavy atom. The molecule has 5 heteroatoms. The highest BCUT2D eigenvalue weighted by atomic mass is 79.9. The maximum Gasteiger partial charge on any atom is 0.169 e. The second-order valence-electron chi connectivity index (χ2n) is 5.46. The Kier molecular flexibility index (Phi) is 5.67. The molecule has 4 nitrogen and oxygen atoms in total. The van der Waals surface area contributed by atoms with Crippen LogP contribution in [0.2, 0.25) is 0 Å². The quantitative estimate of drug-likeness (QED) is 0.853. The lowest BCUT2D eigenvalue weighted by Crippen LogP contribution is -2.41. The Morgan fingerprint density at radius 1 is 1.09 bits per heavy atom. The molecule has 0 aliphatic carbocycles. The maximum absolute atomic E-state index is 5.58. The first-order valence-corrected chi connectivity index (χ1v) is 8.43. The molecule has 1 aliphatic rings. The van der Waals surface area contributed by atoms with Crippen LogP contribution in [0, 0.1) is 0 Å². The number of ether oxygens (including phenoxy) is 1. The second-order valence-corrected chi connectivity index (χ2v) is 6.24. The van der Waals surface area contributed by atoms with Gasteiger partial charge in [-0.05, 0) is 33.6 Å². The van der Waals surface area contributed by atoms with Crippen molar-refractivity contribution < 1.29 is 9.15 Å². The van der Waals surface area contributed by atoms with Gasteiger partial charge in [0.25, 0.3) is 0 Å². The smallest absolute Gasteiger partial charge is 0.169 e. The number of hydrogen-bond acceptors (Lipinski definition) is 4. The van der Waals surface area contributed by atoms with Gasteiger partial charge in [0.2, 0.25) is 0 Å². The topological polar surface area (TPSA) is 37.6 Å². The molecule has 1 fully saturated rings. The van der Waals surface area contributed by atoms with E-state index in [0.717, 1.165) is 49.8 Å². The van der Waals surface area contributed by atoms with Crippen molar-refractivity contribution in [1.29, 1.82) is 0 Å². The average molecular weight is 365 g/mol. The molecule has 2 aromatic rings. The van der Waals surface area contributed by atoms with Crippen molar-refractivity contribution in [1.82, 2.24) is 10.2 Å². The van der Waals surface area contributed by atoms with Crippen molar-refractivity contribution in [2.75, 3.05) is 32.8 Å². The van der Waals surface area contributed by atoms with Crippen LogP contribution >= 0.6 is 15.9 Å². The summed E-state index contributed by atoms with van der Waals surface area (Å²) in [7, 11) is 0. The summed E-state index contributed by atoms with van der Waals surface area (Å²) in [6.07, 6.45) is 0. The lowest BCUT2D eigenvalue weighted by atomic mass is 10.1. The summed E-state index contributed by atoms with van der Waals surface area (Å²) in [6.45, 7) is 5.35. The molecule has 1 unspecified atom stereocenters. The average Bonchev–Trinajstić information content (AvgIpc) is 2.99. The SMILES string of the molecule is Brc1ccc(CNC(CN2CCOCC2)c2ccccc2)o1. The molecular formula is C17H21BrN2O2. The minimum Gasteiger partial charge on any atom is -0.453 e. The molecule has 1 aliphatic heterocycles. The van der Waals surface area contributed by atoms with Gasteiger partial charge in [-0.2, -0.15) is 0 Å². The number of nitrogens with one attached hydrogen (secondary N) is 1. The Bertz CT molecular complexity index is 567. The van der Waals surface area contributed by atoms with Gasteiger partial charge in [0.1, 0.15) is 5.76 Å². The van der Waals surface area contributed by atoms with Crippen molar-refractivity contribution in [2.45, 2.75) is 12.6 Å². The third-order valence-electron chi connectivity index (χ3n) is 3.90. The first kappa shape index (κ1) is 15.7. The van der Waals surface area contributed by atoms with E-state index in [2.05, 4.69) is 56.5 Å². The molecule has 22 heavy (non-hydrogen) atoms. The molecule has 118 valence electrons. The van der Waals surface area contributed by atoms with E-state index >= 15 is 0 Å². The molecular weight excluding hydrogens is 344 g/mol. The lowest BCUT2D eigenvalue weighted by Gasteiger charge is -2.31. The van der Waals surface area contributed by atoms with Gasteiger partial charge >= 0.3 is 0 Å². The van der Waals surface area contributed by atoms with E-state index in [9.17, 15) is 0 Å². The van der Waals surface area contributed by atoms with Crippen molar-refractivity contribution >= 4 is 15.9 Å². The fraction of sp³-hybridized carbons (Fsp3) is 0.412. The van der Waals surface area contributed by atoms with Crippen molar-refractivity contribution in [3.63, 3.8) is 0 Å². The van der Waals surface area contributed by atoms with E-state index in [1.165, 1.54) is 5.56 Å². The molecule has 1 N–H and O–H groups in total. The molecule has 0 radical (unpaired) electrons. The zero-order valence-corrected chi connectivity index (χ0v) is 14.1. The molecule has 0 bridgehead atoms. The maximum atomic E-state index is 5.58. The van der Waals surface area contributed by atoms with Gasteiger partial charge in [0.05, 0.1) is 19.8 Å². The van der Waals surface area contributed by atoms with Crippen LogP contribution in [0.15, 0.2) is 51.6 Å². The number of hydrogen-bond donors (Lipinski definition) is 1. The summed E-state index contributed by atoms with van der Waals surface area (Å²) in [5, 5.41) is 3.62. The van der Waals surface area contributed by atoms with Crippen molar-refractivity contribution in [3.8, 4) is 0 Å². The van der Waals surface area contributed by atoms with Gasteiger partial charge in [0.15, 0.2) is 4.67 Å². The number of morpholine rings is 1. The van der Waals surface area contributed by atoms with Crippen LogP contribution in [0.4, 0.5) is 0 Å². The fourth-order valence-electron chi connectivity index (χ4n) is 2.69. The fourth-order valence-corrected chi connectivity index (χ4v) is 3.03. The summed E-state index contributed by atoms with van der Waals surface area (Å²) in [6, 6.07) is 14.8. The highest BCUT2D eigenvalue weighted by Gasteiger charge is 2.18. The number of halogens is 1. The first-order valence-electron chi connectivity index (χ1n) is 7.64. The van der Waals surface area contributed by atoms with Gasteiger partial charge in [-0.15, -0.1) is 0 Å². The van der Waals surface area contributed by atoms with Gasteiger partial charge in [-0.25, -0.2) is 0 Å². The molecule has 0 amide bonds. The van der Waals surface area contributed by atoms with Crippen LogP contribution < -0.4 is 5.32 Å². The number of rotatable bonds is 6. The van der Waals surface area contributed by atoms with Gasteiger partial charge in [0, 0.05) is 25.7 Å². The second kappa shape index (κ2) is 7.92. The van der Waals surface area contributed by atoms with Gasteiger partial charge in [-0.1, -0.05) is 30.3 Å². The van der Waals surface area contributed by atoms with Gasteiger partial charge in [-0.3, -0.25) is 4.90 Å². The van der Waals surface area contributed by atoms with Crippen LogP contribution in [-0.4, -0.2) is 37.7 Å². The molecule has 3 rings (SSSR count). The Morgan fingerprint density at radius 3 is 2.55 bits per heavy atom. The highest BCUT2D eigenvalue weighted by Crippen LogP contribution is 2.18. The van der Waals surface area contributed by atoms with Crippen LogP contribution in [0.5, 0.6) is 0 Å². The predicted molar refractivity (Wildman–Crippen MR) is 89.7 cm³/mol. The number of nitrogens with zero attached hydrogens (tertiary/aromatic N) is 1. The largest absolute Gasteiger partial charge is 0.453 e. The summed E-state index contributed by atoms with van der Waals surface area (Å²) < 4.78 is 11.8.